The van der Waals surface area contributed by atoms with Crippen molar-refractivity contribution in [1.29, 1.82) is 5.26 Å². The highest BCUT2D eigenvalue weighted by Gasteiger charge is 2.14. The van der Waals surface area contributed by atoms with Gasteiger partial charge in [-0.25, -0.2) is 0 Å². The minimum atomic E-state index is 0.614. The van der Waals surface area contributed by atoms with Crippen molar-refractivity contribution >= 4 is 27.4 Å². The number of hydrogen-bond acceptors (Lipinski definition) is 2. The van der Waals surface area contributed by atoms with Gasteiger partial charge in [0.2, 0.25) is 0 Å². The lowest BCUT2D eigenvalue weighted by atomic mass is 10.0. The van der Waals surface area contributed by atoms with Gasteiger partial charge in [0, 0.05) is 28.2 Å². The number of benzene rings is 4. The number of nitriles is 1. The number of allylic oxidation sites excluding steroid dienone is 3. The minimum absolute atomic E-state index is 0.614. The second kappa shape index (κ2) is 8.53. The third kappa shape index (κ3) is 3.69. The maximum atomic E-state index is 9.22. The van der Waals surface area contributed by atoms with Crippen LogP contribution in [0.2, 0.25) is 0 Å². The quantitative estimate of drug-likeness (QED) is 0.244. The molecule has 3 nitrogen and oxygen atoms in total. The molecule has 158 valence electrons. The minimum Gasteiger partial charge on any atom is -0.404 e. The summed E-state index contributed by atoms with van der Waals surface area (Å²) in [7, 11) is 0. The molecule has 0 amide bonds. The summed E-state index contributed by atoms with van der Waals surface area (Å²) in [4.78, 5) is 0. The lowest BCUT2D eigenvalue weighted by Gasteiger charge is -2.10. The Morgan fingerprint density at radius 3 is 2.09 bits per heavy atom. The predicted molar refractivity (Wildman–Crippen MR) is 138 cm³/mol. The van der Waals surface area contributed by atoms with E-state index in [1.165, 1.54) is 21.9 Å². The van der Waals surface area contributed by atoms with E-state index < -0.39 is 0 Å². The SMILES string of the molecule is C/C(C#N)=C\C(=C/N)c1ccc2c3ccc(-c4ccccc4)cc3n(-c3ccccc3)c2c1. The highest BCUT2D eigenvalue weighted by Crippen LogP contribution is 2.36. The Hall–Kier alpha value is -4.55. The number of para-hydroxylation sites is 1. The zero-order valence-electron chi connectivity index (χ0n) is 18.4. The second-order valence-corrected chi connectivity index (χ2v) is 8.06. The van der Waals surface area contributed by atoms with Gasteiger partial charge in [0.15, 0.2) is 0 Å². The van der Waals surface area contributed by atoms with Gasteiger partial charge in [-0.3, -0.25) is 0 Å². The Balaban J connectivity index is 1.82. The van der Waals surface area contributed by atoms with Gasteiger partial charge >= 0.3 is 0 Å². The van der Waals surface area contributed by atoms with Gasteiger partial charge in [0.05, 0.1) is 17.1 Å². The molecule has 4 aromatic carbocycles. The molecule has 0 aliphatic carbocycles. The van der Waals surface area contributed by atoms with Gasteiger partial charge in [-0.1, -0.05) is 72.8 Å². The standard InChI is InChI=1S/C30H23N3/c1-21(19-31)16-25(20-32)24-13-15-28-27-14-12-23(22-8-4-2-5-9-22)17-29(27)33(30(28)18-24)26-10-6-3-7-11-26/h2-18,20H,32H2,1H3/b21-16+,25-20+. The summed E-state index contributed by atoms with van der Waals surface area (Å²) in [5.41, 5.74) is 14.1. The third-order valence-corrected chi connectivity index (χ3v) is 5.95. The van der Waals surface area contributed by atoms with E-state index in [1.54, 1.807) is 13.1 Å². The first-order valence-electron chi connectivity index (χ1n) is 10.9. The first-order valence-corrected chi connectivity index (χ1v) is 10.9. The van der Waals surface area contributed by atoms with E-state index in [4.69, 9.17) is 5.73 Å². The maximum absolute atomic E-state index is 9.22. The van der Waals surface area contributed by atoms with Crippen molar-refractivity contribution in [3.63, 3.8) is 0 Å². The monoisotopic (exact) mass is 425 g/mol. The number of nitrogens with two attached hydrogens (primary N) is 1. The molecule has 33 heavy (non-hydrogen) atoms. The second-order valence-electron chi connectivity index (χ2n) is 8.06. The highest BCUT2D eigenvalue weighted by molar-refractivity contribution is 6.11. The number of rotatable bonds is 4. The Morgan fingerprint density at radius 1 is 0.788 bits per heavy atom. The Kier molecular flexibility index (Phi) is 5.26. The van der Waals surface area contributed by atoms with E-state index in [2.05, 4.69) is 95.6 Å². The van der Waals surface area contributed by atoms with Crippen LogP contribution in [0.1, 0.15) is 12.5 Å². The fourth-order valence-electron chi connectivity index (χ4n) is 4.36. The van der Waals surface area contributed by atoms with Gasteiger partial charge in [0.1, 0.15) is 0 Å². The normalized spacial score (nSPS) is 12.2. The van der Waals surface area contributed by atoms with Gasteiger partial charge < -0.3 is 10.3 Å². The van der Waals surface area contributed by atoms with Crippen LogP contribution in [0.3, 0.4) is 0 Å². The molecule has 5 aromatic rings. The van der Waals surface area contributed by atoms with Crippen molar-refractivity contribution in [2.45, 2.75) is 6.92 Å². The summed E-state index contributed by atoms with van der Waals surface area (Å²) in [6.45, 7) is 1.79. The van der Waals surface area contributed by atoms with Gasteiger partial charge in [-0.2, -0.15) is 5.26 Å². The maximum Gasteiger partial charge on any atom is 0.0944 e. The molecular weight excluding hydrogens is 402 g/mol. The van der Waals surface area contributed by atoms with Crippen LogP contribution >= 0.6 is 0 Å². The largest absolute Gasteiger partial charge is 0.404 e. The van der Waals surface area contributed by atoms with E-state index in [9.17, 15) is 5.26 Å². The number of fused-ring (bicyclic) bond motifs is 3. The zero-order valence-corrected chi connectivity index (χ0v) is 18.4. The number of hydrogen-bond donors (Lipinski definition) is 1. The molecule has 2 N–H and O–H groups in total. The molecule has 0 spiro atoms. The van der Waals surface area contributed by atoms with E-state index in [1.807, 2.05) is 18.2 Å². The fraction of sp³-hybridized carbons (Fsp3) is 0.0333. The zero-order chi connectivity index (χ0) is 22.8. The van der Waals surface area contributed by atoms with Crippen molar-refractivity contribution < 1.29 is 0 Å². The Labute approximate surface area is 193 Å². The van der Waals surface area contributed by atoms with E-state index in [0.29, 0.717) is 5.57 Å². The topological polar surface area (TPSA) is 54.7 Å². The van der Waals surface area contributed by atoms with Crippen LogP contribution in [-0.2, 0) is 0 Å². The molecule has 0 fully saturated rings. The van der Waals surface area contributed by atoms with Crippen molar-refractivity contribution in [1.82, 2.24) is 4.57 Å². The molecule has 3 heteroatoms. The molecule has 0 saturated carbocycles. The fourth-order valence-corrected chi connectivity index (χ4v) is 4.36. The van der Waals surface area contributed by atoms with Crippen LogP contribution in [0.5, 0.6) is 0 Å². The summed E-state index contributed by atoms with van der Waals surface area (Å²) in [5.74, 6) is 0. The molecule has 0 aliphatic rings. The smallest absolute Gasteiger partial charge is 0.0944 e. The molecule has 0 unspecified atom stereocenters. The van der Waals surface area contributed by atoms with Crippen LogP contribution in [0.15, 0.2) is 115 Å². The van der Waals surface area contributed by atoms with E-state index in [-0.39, 0.29) is 0 Å². The van der Waals surface area contributed by atoms with Crippen molar-refractivity contribution in [2.75, 3.05) is 0 Å². The van der Waals surface area contributed by atoms with E-state index >= 15 is 0 Å². The molecule has 0 aliphatic heterocycles. The Morgan fingerprint density at radius 2 is 1.42 bits per heavy atom. The first-order chi connectivity index (χ1) is 16.2. The van der Waals surface area contributed by atoms with Crippen LogP contribution in [-0.4, -0.2) is 4.57 Å². The highest BCUT2D eigenvalue weighted by atomic mass is 15.0. The first kappa shape index (κ1) is 20.4. The van der Waals surface area contributed by atoms with Crippen molar-refractivity contribution in [2.24, 2.45) is 5.73 Å². The van der Waals surface area contributed by atoms with Crippen molar-refractivity contribution in [3.05, 3.63) is 120 Å². The Bertz CT molecular complexity index is 1560. The molecule has 0 radical (unpaired) electrons. The summed E-state index contributed by atoms with van der Waals surface area (Å²) in [6, 6.07) is 36.0. The van der Waals surface area contributed by atoms with Crippen LogP contribution in [0.25, 0.3) is 44.2 Å². The molecule has 5 rings (SSSR count). The van der Waals surface area contributed by atoms with Gasteiger partial charge in [-0.05, 0) is 59.5 Å². The summed E-state index contributed by atoms with van der Waals surface area (Å²) < 4.78 is 2.30. The summed E-state index contributed by atoms with van der Waals surface area (Å²) in [5, 5.41) is 11.6. The molecule has 0 saturated heterocycles. The van der Waals surface area contributed by atoms with Gasteiger partial charge in [-0.15, -0.1) is 0 Å². The lowest BCUT2D eigenvalue weighted by Crippen LogP contribution is -1.95. The van der Waals surface area contributed by atoms with E-state index in [0.717, 1.165) is 27.9 Å². The average Bonchev–Trinajstić information content (AvgIpc) is 3.21. The lowest BCUT2D eigenvalue weighted by molar-refractivity contribution is 1.18. The number of nitrogens with zero attached hydrogens (tertiary/aromatic N) is 2. The number of aromatic nitrogens is 1. The molecular formula is C30H23N3. The average molecular weight is 426 g/mol. The summed E-state index contributed by atoms with van der Waals surface area (Å²) in [6.07, 6.45) is 3.38. The molecule has 0 atom stereocenters. The van der Waals surface area contributed by atoms with Crippen molar-refractivity contribution in [3.8, 4) is 22.9 Å². The summed E-state index contributed by atoms with van der Waals surface area (Å²) >= 11 is 0. The predicted octanol–water partition coefficient (Wildman–Crippen LogP) is 7.22. The van der Waals surface area contributed by atoms with Crippen LogP contribution in [0.4, 0.5) is 0 Å². The third-order valence-electron chi connectivity index (χ3n) is 5.95. The van der Waals surface area contributed by atoms with Gasteiger partial charge in [0.25, 0.3) is 0 Å². The molecule has 1 heterocycles. The van der Waals surface area contributed by atoms with Crippen LogP contribution in [0, 0.1) is 11.3 Å². The molecule has 1 aromatic heterocycles. The molecule has 0 bridgehead atoms. The van der Waals surface area contributed by atoms with Crippen LogP contribution < -0.4 is 5.73 Å².